The molecule has 0 rings (SSSR count). The van der Waals surface area contributed by atoms with Crippen molar-refractivity contribution in [2.24, 2.45) is 0 Å². The van der Waals surface area contributed by atoms with Gasteiger partial charge in [-0.15, -0.1) is 0 Å². The minimum absolute atomic E-state index is 0.0962. The smallest absolute Gasteiger partial charge is 0.305 e. The third-order valence-corrected chi connectivity index (χ3v) is 5.78. The van der Waals surface area contributed by atoms with E-state index in [2.05, 4.69) is 13.8 Å². The van der Waals surface area contributed by atoms with Crippen molar-refractivity contribution in [1.29, 1.82) is 0 Å². The largest absolute Gasteiger partial charge is 0.466 e. The molecule has 0 heterocycles. The Hall–Kier alpha value is -1.06. The standard InChI is InChI=1S/C27H52O4/c1-3-5-7-9-11-12-14-16-21-25-31-27(29)23-19-17-18-22-26(28)30-24-20-15-13-10-8-6-4-2/h3-25H2,1-2H3. The molecular weight excluding hydrogens is 388 g/mol. The Bertz CT molecular complexity index is 395. The van der Waals surface area contributed by atoms with E-state index in [-0.39, 0.29) is 11.9 Å². The lowest BCUT2D eigenvalue weighted by atomic mass is 10.1. The molecule has 0 aromatic heterocycles. The minimum atomic E-state index is -0.0982. The van der Waals surface area contributed by atoms with Crippen molar-refractivity contribution in [3.8, 4) is 0 Å². The van der Waals surface area contributed by atoms with Gasteiger partial charge in [0.15, 0.2) is 0 Å². The Balaban J connectivity index is 3.28. The Morgan fingerprint density at radius 1 is 0.419 bits per heavy atom. The average Bonchev–Trinajstić information content (AvgIpc) is 2.76. The molecule has 4 nitrogen and oxygen atoms in total. The van der Waals surface area contributed by atoms with Crippen molar-refractivity contribution >= 4 is 11.9 Å². The van der Waals surface area contributed by atoms with E-state index in [1.807, 2.05) is 0 Å². The second-order valence-electron chi connectivity index (χ2n) is 8.95. The Morgan fingerprint density at radius 3 is 1.06 bits per heavy atom. The molecule has 31 heavy (non-hydrogen) atoms. The topological polar surface area (TPSA) is 52.6 Å². The predicted molar refractivity (Wildman–Crippen MR) is 130 cm³/mol. The second-order valence-corrected chi connectivity index (χ2v) is 8.95. The highest BCUT2D eigenvalue weighted by atomic mass is 16.5. The van der Waals surface area contributed by atoms with Crippen LogP contribution in [0, 0.1) is 0 Å². The van der Waals surface area contributed by atoms with Gasteiger partial charge in [-0.3, -0.25) is 9.59 Å². The summed E-state index contributed by atoms with van der Waals surface area (Å²) in [6.07, 6.45) is 23.4. The number of esters is 2. The van der Waals surface area contributed by atoms with Crippen LogP contribution in [0.1, 0.15) is 149 Å². The summed E-state index contributed by atoms with van der Waals surface area (Å²) >= 11 is 0. The van der Waals surface area contributed by atoms with Crippen LogP contribution >= 0.6 is 0 Å². The first kappa shape index (κ1) is 29.9. The lowest BCUT2D eigenvalue weighted by molar-refractivity contribution is -0.144. The van der Waals surface area contributed by atoms with E-state index in [4.69, 9.17) is 9.47 Å². The van der Waals surface area contributed by atoms with Crippen molar-refractivity contribution < 1.29 is 19.1 Å². The second kappa shape index (κ2) is 25.2. The molecule has 4 heteroatoms. The Labute approximate surface area is 193 Å². The van der Waals surface area contributed by atoms with Gasteiger partial charge in [-0.05, 0) is 25.7 Å². The fraction of sp³-hybridized carbons (Fsp3) is 0.926. The van der Waals surface area contributed by atoms with Crippen LogP contribution in [0.2, 0.25) is 0 Å². The average molecular weight is 441 g/mol. The molecule has 0 unspecified atom stereocenters. The van der Waals surface area contributed by atoms with Crippen molar-refractivity contribution in [2.75, 3.05) is 13.2 Å². The summed E-state index contributed by atoms with van der Waals surface area (Å²) in [6.45, 7) is 5.58. The van der Waals surface area contributed by atoms with Crippen LogP contribution in [-0.4, -0.2) is 25.2 Å². The Morgan fingerprint density at radius 2 is 0.710 bits per heavy atom. The molecular formula is C27H52O4. The summed E-state index contributed by atoms with van der Waals surface area (Å²) in [5.74, 6) is -0.194. The number of unbranched alkanes of at least 4 members (excludes halogenated alkanes) is 16. The van der Waals surface area contributed by atoms with Gasteiger partial charge in [0.05, 0.1) is 13.2 Å². The van der Waals surface area contributed by atoms with Crippen LogP contribution in [-0.2, 0) is 19.1 Å². The third-order valence-electron chi connectivity index (χ3n) is 5.78. The molecule has 184 valence electrons. The molecule has 0 saturated heterocycles. The highest BCUT2D eigenvalue weighted by Crippen LogP contribution is 2.11. The number of hydrogen-bond acceptors (Lipinski definition) is 4. The van der Waals surface area contributed by atoms with Gasteiger partial charge < -0.3 is 9.47 Å². The summed E-state index contributed by atoms with van der Waals surface area (Å²) in [5.41, 5.74) is 0. The summed E-state index contributed by atoms with van der Waals surface area (Å²) in [5, 5.41) is 0. The lowest BCUT2D eigenvalue weighted by Gasteiger charge is -2.06. The van der Waals surface area contributed by atoms with Crippen LogP contribution in [0.4, 0.5) is 0 Å². The maximum atomic E-state index is 11.7. The first-order valence-electron chi connectivity index (χ1n) is 13.5. The lowest BCUT2D eigenvalue weighted by Crippen LogP contribution is -2.07. The van der Waals surface area contributed by atoms with Gasteiger partial charge >= 0.3 is 11.9 Å². The van der Waals surface area contributed by atoms with Gasteiger partial charge in [-0.1, -0.05) is 110 Å². The zero-order chi connectivity index (χ0) is 22.8. The third kappa shape index (κ3) is 25.1. The van der Waals surface area contributed by atoms with Crippen LogP contribution in [0.15, 0.2) is 0 Å². The summed E-state index contributed by atoms with van der Waals surface area (Å²) in [7, 11) is 0. The number of carbonyl (C=O) groups excluding carboxylic acids is 2. The summed E-state index contributed by atoms with van der Waals surface area (Å²) < 4.78 is 10.6. The van der Waals surface area contributed by atoms with Crippen molar-refractivity contribution in [1.82, 2.24) is 0 Å². The molecule has 0 aliphatic carbocycles. The molecule has 0 radical (unpaired) electrons. The van der Waals surface area contributed by atoms with Crippen LogP contribution < -0.4 is 0 Å². The summed E-state index contributed by atoms with van der Waals surface area (Å²) in [4.78, 5) is 23.5. The summed E-state index contributed by atoms with van der Waals surface area (Å²) in [6, 6.07) is 0. The van der Waals surface area contributed by atoms with Gasteiger partial charge in [0.2, 0.25) is 0 Å². The van der Waals surface area contributed by atoms with Crippen molar-refractivity contribution in [2.45, 2.75) is 149 Å². The Kier molecular flexibility index (Phi) is 24.3. The molecule has 0 aromatic carbocycles. The molecule has 0 N–H and O–H groups in total. The molecule has 0 saturated carbocycles. The zero-order valence-corrected chi connectivity index (χ0v) is 20.9. The van der Waals surface area contributed by atoms with Crippen molar-refractivity contribution in [3.63, 3.8) is 0 Å². The molecule has 0 fully saturated rings. The fourth-order valence-corrected chi connectivity index (χ4v) is 3.70. The van der Waals surface area contributed by atoms with Crippen LogP contribution in [0.5, 0.6) is 0 Å². The first-order chi connectivity index (χ1) is 15.2. The monoisotopic (exact) mass is 440 g/mol. The molecule has 0 spiro atoms. The maximum Gasteiger partial charge on any atom is 0.305 e. The van der Waals surface area contributed by atoms with E-state index >= 15 is 0 Å². The maximum absolute atomic E-state index is 11.7. The van der Waals surface area contributed by atoms with Crippen LogP contribution in [0.25, 0.3) is 0 Å². The number of hydrogen-bond donors (Lipinski definition) is 0. The van der Waals surface area contributed by atoms with E-state index in [0.717, 1.165) is 44.9 Å². The van der Waals surface area contributed by atoms with Gasteiger partial charge in [0.1, 0.15) is 0 Å². The highest BCUT2D eigenvalue weighted by Gasteiger charge is 2.05. The zero-order valence-electron chi connectivity index (χ0n) is 20.9. The minimum Gasteiger partial charge on any atom is -0.466 e. The fourth-order valence-electron chi connectivity index (χ4n) is 3.70. The van der Waals surface area contributed by atoms with E-state index in [1.54, 1.807) is 0 Å². The van der Waals surface area contributed by atoms with Gasteiger partial charge in [0, 0.05) is 12.8 Å². The molecule has 0 aromatic rings. The van der Waals surface area contributed by atoms with E-state index in [1.165, 1.54) is 77.0 Å². The number of ether oxygens (including phenoxy) is 2. The molecule has 0 aliphatic rings. The predicted octanol–water partition coefficient (Wildman–Crippen LogP) is 8.30. The van der Waals surface area contributed by atoms with Gasteiger partial charge in [-0.2, -0.15) is 0 Å². The number of rotatable bonds is 24. The SMILES string of the molecule is CCCCCCCCCCCOC(=O)CCCCCC(=O)OCCCCCCCCC. The molecule has 0 aliphatic heterocycles. The molecule has 0 atom stereocenters. The van der Waals surface area contributed by atoms with Crippen LogP contribution in [0.3, 0.4) is 0 Å². The molecule has 0 amide bonds. The van der Waals surface area contributed by atoms with Crippen molar-refractivity contribution in [3.05, 3.63) is 0 Å². The normalized spacial score (nSPS) is 10.9. The van der Waals surface area contributed by atoms with E-state index < -0.39 is 0 Å². The quantitative estimate of drug-likeness (QED) is 0.112. The van der Waals surface area contributed by atoms with Gasteiger partial charge in [-0.25, -0.2) is 0 Å². The first-order valence-corrected chi connectivity index (χ1v) is 13.5. The van der Waals surface area contributed by atoms with Gasteiger partial charge in [0.25, 0.3) is 0 Å². The van der Waals surface area contributed by atoms with E-state index in [0.29, 0.717) is 26.1 Å². The highest BCUT2D eigenvalue weighted by molar-refractivity contribution is 5.69. The molecule has 0 bridgehead atoms. The number of carbonyl (C=O) groups is 2. The van der Waals surface area contributed by atoms with E-state index in [9.17, 15) is 9.59 Å².